The molecule has 0 aliphatic rings. The van der Waals surface area contributed by atoms with Crippen molar-refractivity contribution in [3.8, 4) is 0 Å². The topological polar surface area (TPSA) is 0 Å². The van der Waals surface area contributed by atoms with E-state index in [9.17, 15) is 0 Å². The van der Waals surface area contributed by atoms with E-state index in [4.69, 9.17) is 0 Å². The SMILES string of the molecule is CCCCCCCCCC[N+](C)(CCCCCCCCCC)CCCCCCCCCC.[F-]. The highest BCUT2D eigenvalue weighted by molar-refractivity contribution is 4.52. The van der Waals surface area contributed by atoms with Crippen LogP contribution >= 0.6 is 0 Å². The average molecular weight is 472 g/mol. The summed E-state index contributed by atoms with van der Waals surface area (Å²) in [7, 11) is 2.59. The summed E-state index contributed by atoms with van der Waals surface area (Å²) < 4.78 is 1.36. The minimum Gasteiger partial charge on any atom is -1.00 e. The van der Waals surface area contributed by atoms with Gasteiger partial charge in [0.15, 0.2) is 0 Å². The lowest BCUT2D eigenvalue weighted by Gasteiger charge is -2.35. The Bertz CT molecular complexity index is 294. The van der Waals surface area contributed by atoms with Crippen molar-refractivity contribution in [3.05, 3.63) is 0 Å². The first-order chi connectivity index (χ1) is 15.7. The molecule has 0 heterocycles. The van der Waals surface area contributed by atoms with Gasteiger partial charge in [0.05, 0.1) is 26.7 Å². The van der Waals surface area contributed by atoms with E-state index in [1.54, 1.807) is 0 Å². The highest BCUT2D eigenvalue weighted by Crippen LogP contribution is 2.17. The molecule has 202 valence electrons. The first kappa shape index (κ1) is 35.1. The molecule has 0 amide bonds. The number of nitrogens with zero attached hydrogens (tertiary/aromatic N) is 1. The molecule has 0 aromatic heterocycles. The molecule has 0 radical (unpaired) electrons. The molecule has 33 heavy (non-hydrogen) atoms. The Balaban J connectivity index is 0. The van der Waals surface area contributed by atoms with Crippen LogP contribution in [0.15, 0.2) is 0 Å². The number of quaternary nitrogens is 1. The number of hydrogen-bond donors (Lipinski definition) is 0. The fourth-order valence-corrected chi connectivity index (χ4v) is 5.22. The van der Waals surface area contributed by atoms with E-state index in [2.05, 4.69) is 27.8 Å². The lowest BCUT2D eigenvalue weighted by atomic mass is 10.1. The van der Waals surface area contributed by atoms with Crippen LogP contribution in [0.25, 0.3) is 0 Å². The molecule has 0 rings (SSSR count). The molecule has 0 spiro atoms. The second-order valence-electron chi connectivity index (χ2n) is 11.2. The van der Waals surface area contributed by atoms with Gasteiger partial charge in [0.1, 0.15) is 0 Å². The van der Waals surface area contributed by atoms with Crippen molar-refractivity contribution in [2.75, 3.05) is 26.7 Å². The zero-order valence-electron chi connectivity index (χ0n) is 23.9. The molecule has 0 atom stereocenters. The van der Waals surface area contributed by atoms with E-state index in [0.717, 1.165) is 0 Å². The molecule has 0 fully saturated rings. The van der Waals surface area contributed by atoms with Gasteiger partial charge in [-0.15, -0.1) is 0 Å². The van der Waals surface area contributed by atoms with Gasteiger partial charge in [-0.1, -0.05) is 136 Å². The van der Waals surface area contributed by atoms with E-state index in [0.29, 0.717) is 0 Å². The van der Waals surface area contributed by atoms with Crippen LogP contribution in [0.1, 0.15) is 175 Å². The lowest BCUT2D eigenvalue weighted by Crippen LogP contribution is -3.00. The summed E-state index contributed by atoms with van der Waals surface area (Å²) in [6.45, 7) is 11.2. The van der Waals surface area contributed by atoms with Crippen LogP contribution in [0.3, 0.4) is 0 Å². The second-order valence-corrected chi connectivity index (χ2v) is 11.2. The molecule has 0 aliphatic heterocycles. The molecule has 0 aliphatic carbocycles. The summed E-state index contributed by atoms with van der Waals surface area (Å²) >= 11 is 0. The largest absolute Gasteiger partial charge is 1.00 e. The molecular formula is C31H66FN. The fraction of sp³-hybridized carbons (Fsp3) is 1.00. The van der Waals surface area contributed by atoms with E-state index < -0.39 is 0 Å². The monoisotopic (exact) mass is 472 g/mol. The van der Waals surface area contributed by atoms with Gasteiger partial charge in [-0.3, -0.25) is 0 Å². The van der Waals surface area contributed by atoms with E-state index in [1.807, 2.05) is 0 Å². The minimum atomic E-state index is 0. The molecule has 1 nitrogen and oxygen atoms in total. The van der Waals surface area contributed by atoms with Gasteiger partial charge in [0.25, 0.3) is 0 Å². The van der Waals surface area contributed by atoms with Crippen LogP contribution in [0.4, 0.5) is 0 Å². The van der Waals surface area contributed by atoms with Crippen LogP contribution in [0.5, 0.6) is 0 Å². The number of rotatable bonds is 27. The van der Waals surface area contributed by atoms with E-state index in [-0.39, 0.29) is 4.70 Å². The summed E-state index contributed by atoms with van der Waals surface area (Å²) in [6.07, 6.45) is 34.8. The molecule has 0 unspecified atom stereocenters. The standard InChI is InChI=1S/C31H66N.FH/c1-5-8-11-14-17-20-23-26-29-32(4,30-27-24-21-18-15-12-9-6-2)31-28-25-22-19-16-13-10-7-3;/h5-31H2,1-4H3;1H/q+1;/p-1. The van der Waals surface area contributed by atoms with E-state index in [1.165, 1.54) is 178 Å². The normalized spacial score (nSPS) is 11.6. The minimum absolute atomic E-state index is 0. The summed E-state index contributed by atoms with van der Waals surface area (Å²) in [5.74, 6) is 0. The van der Waals surface area contributed by atoms with Crippen molar-refractivity contribution in [2.45, 2.75) is 175 Å². The smallest absolute Gasteiger partial charge is 0.0784 e. The van der Waals surface area contributed by atoms with Crippen LogP contribution in [0, 0.1) is 0 Å². The van der Waals surface area contributed by atoms with Crippen LogP contribution in [-0.2, 0) is 0 Å². The first-order valence-electron chi connectivity index (χ1n) is 15.5. The Labute approximate surface area is 210 Å². The van der Waals surface area contributed by atoms with Gasteiger partial charge in [-0.25, -0.2) is 0 Å². The molecule has 0 N–H and O–H groups in total. The summed E-state index contributed by atoms with van der Waals surface area (Å²) in [4.78, 5) is 0. The molecule has 0 aromatic rings. The third-order valence-electron chi connectivity index (χ3n) is 7.65. The van der Waals surface area contributed by atoms with Gasteiger partial charge in [0.2, 0.25) is 0 Å². The predicted molar refractivity (Wildman–Crippen MR) is 149 cm³/mol. The Morgan fingerprint density at radius 2 is 0.485 bits per heavy atom. The summed E-state index contributed by atoms with van der Waals surface area (Å²) in [6, 6.07) is 0. The predicted octanol–water partition coefficient (Wildman–Crippen LogP) is 7.86. The summed E-state index contributed by atoms with van der Waals surface area (Å²) in [5.41, 5.74) is 0. The summed E-state index contributed by atoms with van der Waals surface area (Å²) in [5, 5.41) is 0. The molecule has 0 saturated carbocycles. The molecule has 0 bridgehead atoms. The molecule has 2 heteroatoms. The van der Waals surface area contributed by atoms with Crippen molar-refractivity contribution < 1.29 is 9.19 Å². The molecule has 0 saturated heterocycles. The van der Waals surface area contributed by atoms with Crippen molar-refractivity contribution in [3.63, 3.8) is 0 Å². The fourth-order valence-electron chi connectivity index (χ4n) is 5.22. The van der Waals surface area contributed by atoms with E-state index >= 15 is 0 Å². The van der Waals surface area contributed by atoms with Gasteiger partial charge in [-0.05, 0) is 38.5 Å². The third-order valence-corrected chi connectivity index (χ3v) is 7.65. The Morgan fingerprint density at radius 1 is 0.303 bits per heavy atom. The lowest BCUT2D eigenvalue weighted by molar-refractivity contribution is -0.910. The Hall–Kier alpha value is -0.110. The zero-order chi connectivity index (χ0) is 23.6. The maximum atomic E-state index is 2.59. The zero-order valence-corrected chi connectivity index (χ0v) is 23.9. The van der Waals surface area contributed by atoms with Gasteiger partial charge in [0, 0.05) is 0 Å². The van der Waals surface area contributed by atoms with Crippen LogP contribution in [0.2, 0.25) is 0 Å². The average Bonchev–Trinajstić information content (AvgIpc) is 2.79. The third kappa shape index (κ3) is 26.3. The number of halogens is 1. The Morgan fingerprint density at radius 3 is 0.697 bits per heavy atom. The van der Waals surface area contributed by atoms with Crippen molar-refractivity contribution in [1.29, 1.82) is 0 Å². The number of unbranched alkanes of at least 4 members (excludes halogenated alkanes) is 21. The highest BCUT2D eigenvalue weighted by atomic mass is 19.0. The maximum absolute atomic E-state index is 2.59. The molecule has 0 aromatic carbocycles. The highest BCUT2D eigenvalue weighted by Gasteiger charge is 2.20. The quantitative estimate of drug-likeness (QED) is 0.0844. The van der Waals surface area contributed by atoms with Crippen molar-refractivity contribution >= 4 is 0 Å². The maximum Gasteiger partial charge on any atom is 0.0784 e. The van der Waals surface area contributed by atoms with Gasteiger partial charge < -0.3 is 9.19 Å². The van der Waals surface area contributed by atoms with Crippen LogP contribution < -0.4 is 4.70 Å². The first-order valence-corrected chi connectivity index (χ1v) is 15.5. The van der Waals surface area contributed by atoms with Gasteiger partial charge in [-0.2, -0.15) is 0 Å². The van der Waals surface area contributed by atoms with Crippen LogP contribution in [-0.4, -0.2) is 31.2 Å². The van der Waals surface area contributed by atoms with Crippen molar-refractivity contribution in [2.24, 2.45) is 0 Å². The number of hydrogen-bond acceptors (Lipinski definition) is 0. The van der Waals surface area contributed by atoms with Gasteiger partial charge >= 0.3 is 0 Å². The van der Waals surface area contributed by atoms with Crippen molar-refractivity contribution in [1.82, 2.24) is 0 Å². The molecular weight excluding hydrogens is 405 g/mol. The second kappa shape index (κ2) is 28.1. The Kier molecular flexibility index (Phi) is 29.9.